The zero-order valence-electron chi connectivity index (χ0n) is 23.0. The summed E-state index contributed by atoms with van der Waals surface area (Å²) in [5.41, 5.74) is 1.45. The van der Waals surface area contributed by atoms with E-state index in [1.165, 1.54) is 40.2 Å². The van der Waals surface area contributed by atoms with E-state index in [1.807, 2.05) is 6.92 Å². The lowest BCUT2D eigenvalue weighted by molar-refractivity contribution is -0.134. The maximum atomic E-state index is 13.4. The standard InChI is InChI=1S/C27H33FN8O5/c1-17-12-36(18(2)15-37)26(39)11-19-10-22(30-25(38)14-35-16-29-32-33-35)8-9-23(19)41-24(17)13-34(3)27(40)31-21-6-4-20(28)5-7-21/h4-10,16-18,24,37H,11-15H2,1-3H3,(H,30,38)(H,31,40)/t17-,18-,24+/m1/s1. The van der Waals surface area contributed by atoms with Crippen molar-refractivity contribution in [3.8, 4) is 5.75 Å². The minimum Gasteiger partial charge on any atom is -0.488 e. The van der Waals surface area contributed by atoms with Gasteiger partial charge in [0, 0.05) is 36.4 Å². The van der Waals surface area contributed by atoms with Gasteiger partial charge in [-0.3, -0.25) is 9.59 Å². The normalized spacial score (nSPS) is 17.8. The molecule has 13 nitrogen and oxygen atoms in total. The van der Waals surface area contributed by atoms with Crippen molar-refractivity contribution in [3.63, 3.8) is 0 Å². The van der Waals surface area contributed by atoms with Crippen LogP contribution >= 0.6 is 0 Å². The van der Waals surface area contributed by atoms with Crippen molar-refractivity contribution in [1.82, 2.24) is 30.0 Å². The lowest BCUT2D eigenvalue weighted by atomic mass is 10.0. The van der Waals surface area contributed by atoms with Crippen molar-refractivity contribution in [2.24, 2.45) is 5.92 Å². The number of fused-ring (bicyclic) bond motifs is 1. The van der Waals surface area contributed by atoms with Crippen LogP contribution in [0.1, 0.15) is 19.4 Å². The molecule has 0 fully saturated rings. The first-order chi connectivity index (χ1) is 19.6. The molecular formula is C27H33FN8O5. The molecule has 0 saturated carbocycles. The average Bonchev–Trinajstić information content (AvgIpc) is 3.46. The predicted molar refractivity (Wildman–Crippen MR) is 146 cm³/mol. The number of tetrazole rings is 1. The van der Waals surface area contributed by atoms with Crippen LogP contribution in [0.4, 0.5) is 20.6 Å². The smallest absolute Gasteiger partial charge is 0.321 e. The molecule has 4 amide bonds. The number of ether oxygens (including phenoxy) is 1. The van der Waals surface area contributed by atoms with Gasteiger partial charge >= 0.3 is 6.03 Å². The molecule has 1 aromatic heterocycles. The van der Waals surface area contributed by atoms with Gasteiger partial charge in [0.1, 0.15) is 30.5 Å². The van der Waals surface area contributed by atoms with Gasteiger partial charge in [-0.05, 0) is 59.8 Å². The van der Waals surface area contributed by atoms with Crippen molar-refractivity contribution in [1.29, 1.82) is 0 Å². The molecule has 3 aromatic rings. The Balaban J connectivity index is 1.55. The number of carbonyl (C=O) groups is 3. The number of urea groups is 1. The summed E-state index contributed by atoms with van der Waals surface area (Å²) in [6, 6.07) is 9.61. The van der Waals surface area contributed by atoms with E-state index in [-0.39, 0.29) is 43.8 Å². The highest BCUT2D eigenvalue weighted by atomic mass is 19.1. The number of likely N-dealkylation sites (N-methyl/N-ethyl adjacent to an activating group) is 1. The number of anilines is 2. The quantitative estimate of drug-likeness (QED) is 0.371. The number of halogens is 1. The van der Waals surface area contributed by atoms with Gasteiger partial charge in [0.05, 0.1) is 25.6 Å². The van der Waals surface area contributed by atoms with Crippen LogP contribution in [0.25, 0.3) is 0 Å². The topological polar surface area (TPSA) is 155 Å². The van der Waals surface area contributed by atoms with Crippen molar-refractivity contribution in [2.75, 3.05) is 37.4 Å². The second kappa shape index (κ2) is 13.2. The van der Waals surface area contributed by atoms with E-state index in [2.05, 4.69) is 26.2 Å². The fourth-order valence-corrected chi connectivity index (χ4v) is 4.43. The number of hydrogen-bond donors (Lipinski definition) is 3. The van der Waals surface area contributed by atoms with E-state index < -0.39 is 24.0 Å². The Morgan fingerprint density at radius 3 is 2.61 bits per heavy atom. The Morgan fingerprint density at radius 2 is 1.93 bits per heavy atom. The third-order valence-electron chi connectivity index (χ3n) is 6.79. The molecule has 0 bridgehead atoms. The maximum absolute atomic E-state index is 13.4. The van der Waals surface area contributed by atoms with Gasteiger partial charge in [0.15, 0.2) is 0 Å². The Hall–Kier alpha value is -4.59. The summed E-state index contributed by atoms with van der Waals surface area (Å²) in [6.07, 6.45) is 0.777. The van der Waals surface area contributed by atoms with Crippen LogP contribution in [-0.2, 0) is 22.6 Å². The Labute approximate surface area is 236 Å². The lowest BCUT2D eigenvalue weighted by Gasteiger charge is -2.34. The zero-order valence-corrected chi connectivity index (χ0v) is 23.0. The summed E-state index contributed by atoms with van der Waals surface area (Å²) in [5, 5.41) is 26.0. The Kier molecular flexibility index (Phi) is 9.45. The molecule has 3 N–H and O–H groups in total. The SMILES string of the molecule is C[C@@H]1CN([C@H](C)CO)C(=O)Cc2cc(NC(=O)Cn3cnnn3)ccc2O[C@H]1CN(C)C(=O)Nc1ccc(F)cc1. The van der Waals surface area contributed by atoms with Crippen LogP contribution in [0.2, 0.25) is 0 Å². The van der Waals surface area contributed by atoms with Crippen LogP contribution in [-0.4, -0.2) is 91.8 Å². The molecule has 1 aliphatic rings. The summed E-state index contributed by atoms with van der Waals surface area (Å²) in [5.74, 6) is -0.753. The van der Waals surface area contributed by atoms with E-state index in [0.29, 0.717) is 29.2 Å². The molecule has 14 heteroatoms. The van der Waals surface area contributed by atoms with Gasteiger partial charge in [-0.2, -0.15) is 0 Å². The van der Waals surface area contributed by atoms with Crippen molar-refractivity contribution >= 4 is 29.2 Å². The predicted octanol–water partition coefficient (Wildman–Crippen LogP) is 1.76. The first-order valence-electron chi connectivity index (χ1n) is 13.1. The van der Waals surface area contributed by atoms with Crippen molar-refractivity contribution in [2.45, 2.75) is 39.0 Å². The van der Waals surface area contributed by atoms with E-state index in [0.717, 1.165) is 0 Å². The van der Waals surface area contributed by atoms with Crippen LogP contribution in [0.5, 0.6) is 5.75 Å². The van der Waals surface area contributed by atoms with Gasteiger partial charge in [0.2, 0.25) is 11.8 Å². The van der Waals surface area contributed by atoms with Gasteiger partial charge in [-0.1, -0.05) is 6.92 Å². The van der Waals surface area contributed by atoms with Gasteiger partial charge in [-0.15, -0.1) is 5.10 Å². The molecule has 218 valence electrons. The van der Waals surface area contributed by atoms with Crippen LogP contribution in [0.15, 0.2) is 48.8 Å². The number of benzene rings is 2. The second-order valence-corrected chi connectivity index (χ2v) is 10.1. The monoisotopic (exact) mass is 568 g/mol. The number of carbonyl (C=O) groups excluding carboxylic acids is 3. The summed E-state index contributed by atoms with van der Waals surface area (Å²) >= 11 is 0. The van der Waals surface area contributed by atoms with E-state index in [4.69, 9.17) is 4.74 Å². The minimum atomic E-state index is -0.530. The Morgan fingerprint density at radius 1 is 1.20 bits per heavy atom. The summed E-state index contributed by atoms with van der Waals surface area (Å²) in [7, 11) is 1.62. The molecule has 0 spiro atoms. The number of aromatic nitrogens is 4. The number of nitrogens with zero attached hydrogens (tertiary/aromatic N) is 6. The van der Waals surface area contributed by atoms with Crippen LogP contribution in [0.3, 0.4) is 0 Å². The summed E-state index contributed by atoms with van der Waals surface area (Å²) in [4.78, 5) is 41.8. The first kappa shape index (κ1) is 29.4. The number of amides is 4. The second-order valence-electron chi connectivity index (χ2n) is 10.1. The highest BCUT2D eigenvalue weighted by molar-refractivity contribution is 5.91. The Bertz CT molecular complexity index is 1350. The van der Waals surface area contributed by atoms with E-state index >= 15 is 0 Å². The average molecular weight is 569 g/mol. The van der Waals surface area contributed by atoms with Gasteiger partial charge < -0.3 is 30.3 Å². The van der Waals surface area contributed by atoms with Gasteiger partial charge in [-0.25, -0.2) is 13.9 Å². The number of aliphatic hydroxyl groups excluding tert-OH is 1. The molecular weight excluding hydrogens is 535 g/mol. The highest BCUT2D eigenvalue weighted by Gasteiger charge is 2.32. The van der Waals surface area contributed by atoms with Gasteiger partial charge in [0.25, 0.3) is 0 Å². The molecule has 4 rings (SSSR count). The number of rotatable bonds is 8. The van der Waals surface area contributed by atoms with Crippen LogP contribution < -0.4 is 15.4 Å². The molecule has 0 unspecified atom stereocenters. The molecule has 2 heterocycles. The number of hydrogen-bond acceptors (Lipinski definition) is 8. The molecule has 1 aliphatic heterocycles. The summed E-state index contributed by atoms with van der Waals surface area (Å²) < 4.78 is 20.9. The van der Waals surface area contributed by atoms with Crippen molar-refractivity contribution in [3.05, 3.63) is 60.2 Å². The first-order valence-corrected chi connectivity index (χ1v) is 13.1. The lowest BCUT2D eigenvalue weighted by Crippen LogP contribution is -2.48. The summed E-state index contributed by atoms with van der Waals surface area (Å²) in [6.45, 7) is 3.84. The molecule has 0 radical (unpaired) electrons. The molecule has 2 aromatic carbocycles. The molecule has 3 atom stereocenters. The third-order valence-corrected chi connectivity index (χ3v) is 6.79. The minimum absolute atomic E-state index is 0.0172. The van der Waals surface area contributed by atoms with Crippen molar-refractivity contribution < 1.29 is 28.6 Å². The fraction of sp³-hybridized carbons (Fsp3) is 0.407. The largest absolute Gasteiger partial charge is 0.488 e. The van der Waals surface area contributed by atoms with E-state index in [9.17, 15) is 23.9 Å². The van der Waals surface area contributed by atoms with Crippen LogP contribution in [0, 0.1) is 11.7 Å². The molecule has 0 aliphatic carbocycles. The molecule has 0 saturated heterocycles. The number of nitrogens with one attached hydrogen (secondary N) is 2. The highest BCUT2D eigenvalue weighted by Crippen LogP contribution is 2.29. The molecule has 41 heavy (non-hydrogen) atoms. The zero-order chi connectivity index (χ0) is 29.5. The van der Waals surface area contributed by atoms with E-state index in [1.54, 1.807) is 37.1 Å². The fourth-order valence-electron chi connectivity index (χ4n) is 4.43. The third kappa shape index (κ3) is 7.75. The maximum Gasteiger partial charge on any atom is 0.321 e. The number of aliphatic hydroxyl groups is 1.